The molecule has 0 aliphatic rings. The Balaban J connectivity index is 2.16. The van der Waals surface area contributed by atoms with Crippen LogP contribution in [0.2, 0.25) is 0 Å². The second-order valence-corrected chi connectivity index (χ2v) is 3.98. The molecule has 1 unspecified atom stereocenters. The quantitative estimate of drug-likeness (QED) is 0.603. The van der Waals surface area contributed by atoms with Crippen molar-refractivity contribution in [1.82, 2.24) is 0 Å². The van der Waals surface area contributed by atoms with Crippen LogP contribution in [0.4, 0.5) is 0 Å². The predicted molar refractivity (Wildman–Crippen MR) is 65.0 cm³/mol. The summed E-state index contributed by atoms with van der Waals surface area (Å²) >= 11 is 0. The van der Waals surface area contributed by atoms with E-state index >= 15 is 0 Å². The van der Waals surface area contributed by atoms with E-state index < -0.39 is 0 Å². The Labute approximate surface area is 93.5 Å². The Morgan fingerprint density at radius 3 is 2.47 bits per heavy atom. The van der Waals surface area contributed by atoms with Gasteiger partial charge in [0.1, 0.15) is 0 Å². The van der Waals surface area contributed by atoms with Gasteiger partial charge in [-0.15, -0.1) is 0 Å². The standard InChI is InChI=1S/C14H22O/c1-3-4-5-9-12-15-13(2)14-10-7-6-8-11-14/h6-8,10-11,13H,3-5,9,12H2,1-2H3. The Bertz CT molecular complexity index is 243. The van der Waals surface area contributed by atoms with Gasteiger partial charge in [-0.25, -0.2) is 0 Å². The first-order chi connectivity index (χ1) is 7.34. The van der Waals surface area contributed by atoms with Gasteiger partial charge in [0.2, 0.25) is 0 Å². The first-order valence-electron chi connectivity index (χ1n) is 6.01. The van der Waals surface area contributed by atoms with Crippen molar-refractivity contribution in [2.45, 2.75) is 45.6 Å². The molecule has 0 radical (unpaired) electrons. The van der Waals surface area contributed by atoms with E-state index in [0.29, 0.717) is 0 Å². The van der Waals surface area contributed by atoms with E-state index in [2.05, 4.69) is 38.1 Å². The number of rotatable bonds is 7. The molecule has 0 amide bonds. The van der Waals surface area contributed by atoms with Crippen molar-refractivity contribution in [2.75, 3.05) is 6.61 Å². The summed E-state index contributed by atoms with van der Waals surface area (Å²) in [5.74, 6) is 0. The van der Waals surface area contributed by atoms with Crippen LogP contribution in [-0.2, 0) is 4.74 Å². The van der Waals surface area contributed by atoms with E-state index in [1.54, 1.807) is 0 Å². The second kappa shape index (κ2) is 7.47. The highest BCUT2D eigenvalue weighted by Gasteiger charge is 2.03. The second-order valence-electron chi connectivity index (χ2n) is 3.98. The van der Waals surface area contributed by atoms with Crippen LogP contribution in [0.15, 0.2) is 30.3 Å². The molecule has 0 spiro atoms. The van der Waals surface area contributed by atoms with Crippen LogP contribution < -0.4 is 0 Å². The Morgan fingerprint density at radius 1 is 1.07 bits per heavy atom. The first kappa shape index (κ1) is 12.3. The van der Waals surface area contributed by atoms with E-state index in [1.807, 2.05) is 6.07 Å². The third kappa shape index (κ3) is 4.98. The van der Waals surface area contributed by atoms with Crippen LogP contribution in [-0.4, -0.2) is 6.61 Å². The molecule has 0 bridgehead atoms. The molecule has 0 saturated carbocycles. The van der Waals surface area contributed by atoms with Gasteiger partial charge in [0.25, 0.3) is 0 Å². The van der Waals surface area contributed by atoms with Crippen molar-refractivity contribution < 1.29 is 4.74 Å². The summed E-state index contributed by atoms with van der Waals surface area (Å²) < 4.78 is 5.77. The van der Waals surface area contributed by atoms with Gasteiger partial charge in [0.15, 0.2) is 0 Å². The predicted octanol–water partition coefficient (Wildman–Crippen LogP) is 4.34. The molecule has 1 atom stereocenters. The number of ether oxygens (including phenoxy) is 1. The lowest BCUT2D eigenvalue weighted by atomic mass is 10.1. The van der Waals surface area contributed by atoms with Crippen LogP contribution in [0, 0.1) is 0 Å². The molecule has 0 aliphatic carbocycles. The summed E-state index contributed by atoms with van der Waals surface area (Å²) in [7, 11) is 0. The minimum absolute atomic E-state index is 0.229. The normalized spacial score (nSPS) is 12.7. The lowest BCUT2D eigenvalue weighted by Gasteiger charge is -2.13. The van der Waals surface area contributed by atoms with E-state index in [1.165, 1.54) is 31.2 Å². The fraction of sp³-hybridized carbons (Fsp3) is 0.571. The minimum atomic E-state index is 0.229. The Hall–Kier alpha value is -0.820. The summed E-state index contributed by atoms with van der Waals surface area (Å²) in [6.45, 7) is 5.23. The summed E-state index contributed by atoms with van der Waals surface area (Å²) in [5, 5.41) is 0. The molecule has 84 valence electrons. The third-order valence-corrected chi connectivity index (χ3v) is 2.63. The molecule has 0 N–H and O–H groups in total. The molecule has 1 heteroatoms. The minimum Gasteiger partial charge on any atom is -0.374 e. The van der Waals surface area contributed by atoms with Crippen molar-refractivity contribution >= 4 is 0 Å². The highest BCUT2D eigenvalue weighted by atomic mass is 16.5. The summed E-state index contributed by atoms with van der Waals surface area (Å²) in [5.41, 5.74) is 1.27. The smallest absolute Gasteiger partial charge is 0.0796 e. The first-order valence-corrected chi connectivity index (χ1v) is 6.01. The van der Waals surface area contributed by atoms with Crippen LogP contribution in [0.1, 0.15) is 51.2 Å². The molecule has 0 heterocycles. The van der Waals surface area contributed by atoms with Crippen molar-refractivity contribution in [3.63, 3.8) is 0 Å². The zero-order valence-corrected chi connectivity index (χ0v) is 9.91. The summed E-state index contributed by atoms with van der Waals surface area (Å²) in [6.07, 6.45) is 5.31. The monoisotopic (exact) mass is 206 g/mol. The van der Waals surface area contributed by atoms with Gasteiger partial charge in [0, 0.05) is 6.61 Å². The molecule has 1 nitrogen and oxygen atoms in total. The molecule has 1 rings (SSSR count). The zero-order chi connectivity index (χ0) is 10.9. The molecular weight excluding hydrogens is 184 g/mol. The van der Waals surface area contributed by atoms with Gasteiger partial charge in [-0.05, 0) is 18.9 Å². The molecule has 1 aromatic carbocycles. The van der Waals surface area contributed by atoms with Gasteiger partial charge in [-0.2, -0.15) is 0 Å². The maximum Gasteiger partial charge on any atom is 0.0796 e. The number of benzene rings is 1. The van der Waals surface area contributed by atoms with Gasteiger partial charge in [-0.1, -0.05) is 56.5 Å². The van der Waals surface area contributed by atoms with Crippen LogP contribution in [0.3, 0.4) is 0 Å². The molecule has 0 fully saturated rings. The Kier molecular flexibility index (Phi) is 6.10. The van der Waals surface area contributed by atoms with Crippen molar-refractivity contribution in [3.8, 4) is 0 Å². The van der Waals surface area contributed by atoms with E-state index in [9.17, 15) is 0 Å². The topological polar surface area (TPSA) is 9.23 Å². The molecule has 0 saturated heterocycles. The summed E-state index contributed by atoms with van der Waals surface area (Å²) in [4.78, 5) is 0. The van der Waals surface area contributed by atoms with Gasteiger partial charge in [0.05, 0.1) is 6.10 Å². The molecule has 15 heavy (non-hydrogen) atoms. The lowest BCUT2D eigenvalue weighted by Crippen LogP contribution is -2.01. The van der Waals surface area contributed by atoms with Gasteiger partial charge >= 0.3 is 0 Å². The SMILES string of the molecule is CCCCCCOC(C)c1ccccc1. The lowest BCUT2D eigenvalue weighted by molar-refractivity contribution is 0.0628. The number of hydrogen-bond donors (Lipinski definition) is 0. The highest BCUT2D eigenvalue weighted by molar-refractivity contribution is 5.16. The molecule has 0 aliphatic heterocycles. The van der Waals surface area contributed by atoms with Crippen LogP contribution in [0.25, 0.3) is 0 Å². The van der Waals surface area contributed by atoms with Crippen LogP contribution >= 0.6 is 0 Å². The largest absolute Gasteiger partial charge is 0.374 e. The summed E-state index contributed by atoms with van der Waals surface area (Å²) in [6, 6.07) is 10.4. The van der Waals surface area contributed by atoms with E-state index in [0.717, 1.165) is 6.61 Å². The molecular formula is C14H22O. The number of hydrogen-bond acceptors (Lipinski definition) is 1. The molecule has 0 aromatic heterocycles. The van der Waals surface area contributed by atoms with E-state index in [4.69, 9.17) is 4.74 Å². The van der Waals surface area contributed by atoms with Crippen molar-refractivity contribution in [2.24, 2.45) is 0 Å². The third-order valence-electron chi connectivity index (χ3n) is 2.63. The molecule has 1 aromatic rings. The van der Waals surface area contributed by atoms with Crippen molar-refractivity contribution in [1.29, 1.82) is 0 Å². The van der Waals surface area contributed by atoms with Gasteiger partial charge < -0.3 is 4.74 Å². The Morgan fingerprint density at radius 2 is 1.80 bits per heavy atom. The number of unbranched alkanes of at least 4 members (excludes halogenated alkanes) is 3. The maximum atomic E-state index is 5.77. The van der Waals surface area contributed by atoms with E-state index in [-0.39, 0.29) is 6.10 Å². The fourth-order valence-electron chi connectivity index (χ4n) is 1.61. The average molecular weight is 206 g/mol. The maximum absolute atomic E-state index is 5.77. The highest BCUT2D eigenvalue weighted by Crippen LogP contribution is 2.16. The fourth-order valence-corrected chi connectivity index (χ4v) is 1.61. The van der Waals surface area contributed by atoms with Crippen LogP contribution in [0.5, 0.6) is 0 Å². The average Bonchev–Trinajstić information content (AvgIpc) is 2.30. The van der Waals surface area contributed by atoms with Crippen molar-refractivity contribution in [3.05, 3.63) is 35.9 Å². The van der Waals surface area contributed by atoms with Gasteiger partial charge in [-0.3, -0.25) is 0 Å². The zero-order valence-electron chi connectivity index (χ0n) is 9.91.